The van der Waals surface area contributed by atoms with Crippen molar-refractivity contribution >= 4 is 29.5 Å². The van der Waals surface area contributed by atoms with Crippen LogP contribution in [0.15, 0.2) is 87.7 Å². The maximum atomic E-state index is 15.4. The van der Waals surface area contributed by atoms with E-state index in [-0.39, 0.29) is 43.4 Å². The normalized spacial score (nSPS) is 18.1. The number of thioether (sulfide) groups is 1. The van der Waals surface area contributed by atoms with E-state index in [0.717, 1.165) is 22.6 Å². The molecule has 1 aromatic heterocycles. The first kappa shape index (κ1) is 30.3. The predicted molar refractivity (Wildman–Crippen MR) is 165 cm³/mol. The molecule has 238 valence electrons. The summed E-state index contributed by atoms with van der Waals surface area (Å²) in [6.07, 6.45) is -0.551. The molecule has 4 aromatic rings. The van der Waals surface area contributed by atoms with Gasteiger partial charge >= 0.3 is 6.16 Å². The Labute approximate surface area is 269 Å². The van der Waals surface area contributed by atoms with E-state index in [4.69, 9.17) is 19.7 Å². The van der Waals surface area contributed by atoms with Crippen LogP contribution in [0.25, 0.3) is 10.4 Å². The maximum Gasteiger partial charge on any atom is 0.514 e. The van der Waals surface area contributed by atoms with E-state index in [1.54, 1.807) is 17.1 Å². The number of rotatable bonds is 5. The number of aromatic nitrogens is 1. The van der Waals surface area contributed by atoms with Crippen LogP contribution >= 0.6 is 11.8 Å². The highest BCUT2D eigenvalue weighted by Gasteiger charge is 2.46. The van der Waals surface area contributed by atoms with Crippen molar-refractivity contribution < 1.29 is 32.6 Å². The number of hydrogen-bond donors (Lipinski definition) is 0. The van der Waals surface area contributed by atoms with Gasteiger partial charge in [-0.1, -0.05) is 53.6 Å². The molecule has 3 aliphatic rings. The number of ether oxygens (including phenoxy) is 3. The van der Waals surface area contributed by atoms with Crippen LogP contribution in [0.4, 0.5) is 19.3 Å². The molecule has 15 heteroatoms. The lowest BCUT2D eigenvalue weighted by atomic mass is 9.93. The van der Waals surface area contributed by atoms with Crippen molar-refractivity contribution in [2.45, 2.75) is 29.5 Å². The summed E-state index contributed by atoms with van der Waals surface area (Å²) in [6.45, 7) is 0.232. The van der Waals surface area contributed by atoms with Crippen molar-refractivity contribution in [3.63, 3.8) is 0 Å². The van der Waals surface area contributed by atoms with Gasteiger partial charge in [0.1, 0.15) is 12.8 Å². The van der Waals surface area contributed by atoms with Crippen LogP contribution in [0.2, 0.25) is 0 Å². The molecule has 0 radical (unpaired) electrons. The second-order valence-electron chi connectivity index (χ2n) is 10.8. The first-order valence-electron chi connectivity index (χ1n) is 14.5. The van der Waals surface area contributed by atoms with Gasteiger partial charge < -0.3 is 19.1 Å². The molecule has 0 aliphatic carbocycles. The van der Waals surface area contributed by atoms with Crippen molar-refractivity contribution in [1.82, 2.24) is 9.58 Å². The van der Waals surface area contributed by atoms with Crippen LogP contribution < -0.4 is 15.2 Å². The molecule has 0 N–H and O–H groups in total. The minimum atomic E-state index is -1.22. The number of carbonyl (C=O) groups excluding carboxylic acids is 2. The number of azide groups is 1. The van der Waals surface area contributed by atoms with Crippen molar-refractivity contribution in [2.75, 3.05) is 24.8 Å². The van der Waals surface area contributed by atoms with Crippen LogP contribution in [-0.2, 0) is 21.8 Å². The Kier molecular flexibility index (Phi) is 8.02. The number of fused-ring (bicyclic) bond motifs is 4. The molecule has 7 rings (SSSR count). The quantitative estimate of drug-likeness (QED) is 0.111. The molecular formula is C32H24F2N6O6S. The number of pyridine rings is 1. The highest BCUT2D eigenvalue weighted by atomic mass is 32.2. The molecule has 3 aromatic carbocycles. The Hall–Kier alpha value is -5.37. The van der Waals surface area contributed by atoms with Crippen LogP contribution in [0.1, 0.15) is 38.8 Å². The molecule has 0 bridgehead atoms. The molecule has 1 amide bonds. The van der Waals surface area contributed by atoms with Gasteiger partial charge in [0.2, 0.25) is 11.2 Å². The van der Waals surface area contributed by atoms with Gasteiger partial charge in [0.05, 0.1) is 19.3 Å². The Morgan fingerprint density at radius 3 is 2.68 bits per heavy atom. The van der Waals surface area contributed by atoms with Gasteiger partial charge in [-0.05, 0) is 34.4 Å². The number of benzene rings is 3. The van der Waals surface area contributed by atoms with E-state index in [1.165, 1.54) is 45.7 Å². The molecule has 12 nitrogen and oxygen atoms in total. The van der Waals surface area contributed by atoms with Gasteiger partial charge in [-0.15, -0.1) is 11.8 Å². The monoisotopic (exact) mass is 658 g/mol. The largest absolute Gasteiger partial charge is 0.514 e. The Morgan fingerprint density at radius 2 is 1.87 bits per heavy atom. The fourth-order valence-corrected chi connectivity index (χ4v) is 7.15. The Balaban J connectivity index is 1.32. The fourth-order valence-electron chi connectivity index (χ4n) is 6.03. The standard InChI is InChI=1S/C32H24F2N6O6S/c33-23-10-9-20-22(27(23)34)17-47-25-4-2-1-3-21(25)28(20)40-26-16-44-14-13-38(26)31(42)29-30(24(41)11-12-39(29)40)46-32(43)45-15-18-5-7-19(8-6-18)36-37-35/h1-12,26,28H,13-17H2/t26-,28+/m1/s1. The zero-order valence-electron chi connectivity index (χ0n) is 24.4. The van der Waals surface area contributed by atoms with Gasteiger partial charge in [-0.2, -0.15) is 0 Å². The van der Waals surface area contributed by atoms with Crippen LogP contribution in [-0.4, -0.2) is 47.6 Å². The van der Waals surface area contributed by atoms with Crippen molar-refractivity contribution in [1.29, 1.82) is 0 Å². The summed E-state index contributed by atoms with van der Waals surface area (Å²) in [5.74, 6) is -2.90. The summed E-state index contributed by atoms with van der Waals surface area (Å²) in [5.41, 5.74) is 9.95. The van der Waals surface area contributed by atoms with Crippen LogP contribution in [0.5, 0.6) is 5.75 Å². The van der Waals surface area contributed by atoms with E-state index >= 15 is 4.39 Å². The highest BCUT2D eigenvalue weighted by molar-refractivity contribution is 7.98. The van der Waals surface area contributed by atoms with Crippen LogP contribution in [0, 0.1) is 11.6 Å². The second kappa shape index (κ2) is 12.4. The average Bonchev–Trinajstić information content (AvgIpc) is 3.25. The Bertz CT molecular complexity index is 2020. The Morgan fingerprint density at radius 1 is 1.06 bits per heavy atom. The zero-order valence-corrected chi connectivity index (χ0v) is 25.2. The lowest BCUT2D eigenvalue weighted by molar-refractivity contribution is -0.0198. The summed E-state index contributed by atoms with van der Waals surface area (Å²) in [5, 5.41) is 5.27. The molecule has 1 saturated heterocycles. The van der Waals surface area contributed by atoms with E-state index in [9.17, 15) is 18.8 Å². The first-order chi connectivity index (χ1) is 22.9. The van der Waals surface area contributed by atoms with E-state index in [2.05, 4.69) is 10.0 Å². The summed E-state index contributed by atoms with van der Waals surface area (Å²) >= 11 is 1.36. The summed E-state index contributed by atoms with van der Waals surface area (Å²) in [6, 6.07) is 16.7. The molecule has 0 saturated carbocycles. The third kappa shape index (κ3) is 5.43. The van der Waals surface area contributed by atoms with Gasteiger partial charge in [-0.25, -0.2) is 13.6 Å². The predicted octanol–water partition coefficient (Wildman–Crippen LogP) is 5.93. The van der Waals surface area contributed by atoms with Gasteiger partial charge in [0.25, 0.3) is 5.91 Å². The number of morpholine rings is 1. The highest BCUT2D eigenvalue weighted by Crippen LogP contribution is 2.45. The summed E-state index contributed by atoms with van der Waals surface area (Å²) in [4.78, 5) is 45.3. The molecule has 4 heterocycles. The lowest BCUT2D eigenvalue weighted by Crippen LogP contribution is -2.66. The number of nitrogens with zero attached hydrogens (tertiary/aromatic N) is 6. The minimum Gasteiger partial charge on any atom is -0.429 e. The topological polar surface area (TPSA) is 139 Å². The smallest absolute Gasteiger partial charge is 0.429 e. The molecule has 47 heavy (non-hydrogen) atoms. The molecule has 0 unspecified atom stereocenters. The third-order valence-electron chi connectivity index (χ3n) is 8.17. The minimum absolute atomic E-state index is 0.0822. The number of halogens is 2. The van der Waals surface area contributed by atoms with Crippen molar-refractivity contribution in [3.8, 4) is 5.75 Å². The number of amides is 1. The molecule has 2 atom stereocenters. The first-order valence-corrected chi connectivity index (χ1v) is 15.4. The molecule has 1 fully saturated rings. The third-order valence-corrected chi connectivity index (χ3v) is 9.29. The maximum absolute atomic E-state index is 15.4. The zero-order chi connectivity index (χ0) is 32.7. The number of hydrogen-bond acceptors (Lipinski definition) is 9. The lowest BCUT2D eigenvalue weighted by Gasteiger charge is -2.51. The van der Waals surface area contributed by atoms with Gasteiger partial charge in [0.15, 0.2) is 17.3 Å². The van der Waals surface area contributed by atoms with E-state index < -0.39 is 47.1 Å². The summed E-state index contributed by atoms with van der Waals surface area (Å²) in [7, 11) is 0. The fraction of sp³-hybridized carbons (Fsp3) is 0.219. The summed E-state index contributed by atoms with van der Waals surface area (Å²) < 4.78 is 47.9. The SMILES string of the molecule is [N-]=[N+]=Nc1ccc(COC(=O)Oc2c3n(ccc2=O)N([C@@H]2c4ccccc4SCc4c2ccc(F)c4F)[C@@H]2COCCN2C3=O)cc1. The van der Waals surface area contributed by atoms with E-state index in [0.29, 0.717) is 16.8 Å². The van der Waals surface area contributed by atoms with Crippen molar-refractivity contribution in [2.24, 2.45) is 5.11 Å². The van der Waals surface area contributed by atoms with E-state index in [1.807, 2.05) is 24.3 Å². The molecule has 3 aliphatic heterocycles. The second-order valence-corrected chi connectivity index (χ2v) is 11.8. The van der Waals surface area contributed by atoms with Crippen molar-refractivity contribution in [3.05, 3.63) is 133 Å². The molecular weight excluding hydrogens is 634 g/mol. The van der Waals surface area contributed by atoms with Gasteiger partial charge in [0, 0.05) is 45.6 Å². The average molecular weight is 659 g/mol. The van der Waals surface area contributed by atoms with Crippen LogP contribution in [0.3, 0.4) is 0 Å². The van der Waals surface area contributed by atoms with Gasteiger partial charge in [-0.3, -0.25) is 19.3 Å². The molecule has 0 spiro atoms. The number of carbonyl (C=O) groups is 2.